The summed E-state index contributed by atoms with van der Waals surface area (Å²) in [6.07, 6.45) is 7.95. The van der Waals surface area contributed by atoms with Crippen molar-refractivity contribution >= 4 is 17.8 Å². The number of rotatable bonds is 5. The van der Waals surface area contributed by atoms with Crippen LogP contribution >= 0.6 is 0 Å². The molecule has 2 fully saturated rings. The maximum Gasteiger partial charge on any atom is 0.354 e. The van der Waals surface area contributed by atoms with Crippen LogP contribution in [0.4, 0.5) is 10.6 Å². The second kappa shape index (κ2) is 11.1. The lowest BCUT2D eigenvalue weighted by molar-refractivity contribution is -0.137. The van der Waals surface area contributed by atoms with Crippen molar-refractivity contribution in [1.82, 2.24) is 24.7 Å². The highest BCUT2D eigenvalue weighted by Crippen LogP contribution is 2.26. The molecule has 1 saturated heterocycles. The maximum absolute atomic E-state index is 12.9. The van der Waals surface area contributed by atoms with E-state index >= 15 is 0 Å². The molecule has 2 aromatic rings. The monoisotopic (exact) mass is 536 g/mol. The molecule has 0 spiro atoms. The Morgan fingerprint density at radius 2 is 1.74 bits per heavy atom. The van der Waals surface area contributed by atoms with Gasteiger partial charge in [0, 0.05) is 50.5 Å². The van der Waals surface area contributed by atoms with Crippen molar-refractivity contribution in [2.75, 3.05) is 31.5 Å². The van der Waals surface area contributed by atoms with E-state index in [4.69, 9.17) is 11.5 Å². The Hall–Kier alpha value is -3.28. The number of piperazine rings is 1. The smallest absolute Gasteiger partial charge is 0.338 e. The molecule has 210 valence electrons. The predicted molar refractivity (Wildman–Crippen MR) is 150 cm³/mol. The van der Waals surface area contributed by atoms with Gasteiger partial charge in [-0.15, -0.1) is 0 Å². The van der Waals surface area contributed by atoms with Gasteiger partial charge >= 0.3 is 11.7 Å². The number of benzene rings is 1. The first-order valence-electron chi connectivity index (χ1n) is 13.9. The van der Waals surface area contributed by atoms with Crippen molar-refractivity contribution in [1.29, 1.82) is 0 Å². The van der Waals surface area contributed by atoms with E-state index in [0.717, 1.165) is 44.2 Å². The van der Waals surface area contributed by atoms with Gasteiger partial charge in [-0.25, -0.2) is 9.59 Å². The molecule has 11 heteroatoms. The van der Waals surface area contributed by atoms with Gasteiger partial charge in [0.1, 0.15) is 5.82 Å². The molecule has 0 radical (unpaired) electrons. The van der Waals surface area contributed by atoms with Gasteiger partial charge in [-0.1, -0.05) is 6.07 Å². The Labute approximate surface area is 228 Å². The Morgan fingerprint density at radius 1 is 1.00 bits per heavy atom. The van der Waals surface area contributed by atoms with E-state index < -0.39 is 11.2 Å². The number of carbonyl (C=O) groups excluding carboxylic acids is 2. The van der Waals surface area contributed by atoms with Crippen molar-refractivity contribution in [2.45, 2.75) is 76.0 Å². The quantitative estimate of drug-likeness (QED) is 0.444. The summed E-state index contributed by atoms with van der Waals surface area (Å²) in [7, 11) is 0. The van der Waals surface area contributed by atoms with E-state index in [1.165, 1.54) is 15.7 Å². The van der Waals surface area contributed by atoms with Crippen LogP contribution in [0.5, 0.6) is 0 Å². The molecular formula is C28H40N8O3. The number of carbonyl (C=O) groups is 2. The first kappa shape index (κ1) is 27.3. The second-order valence-electron chi connectivity index (χ2n) is 11.7. The van der Waals surface area contributed by atoms with Crippen LogP contribution < -0.4 is 27.8 Å². The number of aromatic nitrogens is 2. The van der Waals surface area contributed by atoms with Crippen LogP contribution in [0.25, 0.3) is 5.69 Å². The number of aryl methyl sites for hydroxylation is 1. The fraction of sp³-hybridized carbons (Fsp3) is 0.571. The van der Waals surface area contributed by atoms with Crippen molar-refractivity contribution in [3.05, 3.63) is 52.1 Å². The molecule has 6 N–H and O–H groups in total. The van der Waals surface area contributed by atoms with E-state index in [0.29, 0.717) is 44.3 Å². The van der Waals surface area contributed by atoms with Gasteiger partial charge in [-0.2, -0.15) is 4.98 Å². The lowest BCUT2D eigenvalue weighted by atomic mass is 9.87. The molecule has 0 unspecified atom stereocenters. The minimum absolute atomic E-state index is 0.138. The van der Waals surface area contributed by atoms with Crippen molar-refractivity contribution < 1.29 is 9.59 Å². The lowest BCUT2D eigenvalue weighted by Gasteiger charge is -2.37. The number of anilines is 1. The molecular weight excluding hydrogens is 496 g/mol. The molecule has 2 aliphatic carbocycles. The van der Waals surface area contributed by atoms with Crippen LogP contribution in [0, 0.1) is 0 Å². The molecule has 11 nitrogen and oxygen atoms in total. The lowest BCUT2D eigenvalue weighted by Crippen LogP contribution is -2.58. The number of nitrogens with two attached hydrogens (primary N) is 2. The molecule has 1 aliphatic heterocycles. The zero-order chi connectivity index (χ0) is 27.7. The topological polar surface area (TPSA) is 152 Å². The fourth-order valence-electron chi connectivity index (χ4n) is 5.91. The minimum atomic E-state index is -0.944. The van der Waals surface area contributed by atoms with Gasteiger partial charge in [0.05, 0.1) is 11.2 Å². The van der Waals surface area contributed by atoms with Gasteiger partial charge < -0.3 is 26.6 Å². The van der Waals surface area contributed by atoms with Crippen LogP contribution in [0.1, 0.15) is 50.7 Å². The van der Waals surface area contributed by atoms with Gasteiger partial charge in [0.25, 0.3) is 0 Å². The van der Waals surface area contributed by atoms with Crippen molar-refractivity contribution in [3.8, 4) is 5.69 Å². The number of hydrogen-bond acceptors (Lipinski definition) is 7. The standard InChI is InChI=1S/C28H40N8O3/c1-28(2,30)25(37)34-11-13-35(14-12-34)26(38)32-24-9-10-36(27(39)33-24)23-8-4-18-15-21(6-3-19(18)16-23)31-22-7-5-20(29)17-22/h4,8-10,16,20-22,31H,3,5-7,11-15,17,29-30H2,1-2H3,(H,32,33,38,39)/t20-,21-,22-/m0/s1. The number of nitrogens with zero attached hydrogens (tertiary/aromatic N) is 4. The summed E-state index contributed by atoms with van der Waals surface area (Å²) in [4.78, 5) is 45.3. The Bertz CT molecular complexity index is 1280. The number of nitrogens with one attached hydrogen (secondary N) is 2. The van der Waals surface area contributed by atoms with Crippen LogP contribution in [-0.2, 0) is 17.6 Å². The van der Waals surface area contributed by atoms with Crippen molar-refractivity contribution in [2.24, 2.45) is 11.5 Å². The van der Waals surface area contributed by atoms with Gasteiger partial charge in [-0.3, -0.25) is 14.7 Å². The molecule has 2 heterocycles. The van der Waals surface area contributed by atoms with E-state index in [2.05, 4.69) is 27.8 Å². The average molecular weight is 537 g/mol. The molecule has 3 aliphatic rings. The Balaban J connectivity index is 1.18. The van der Waals surface area contributed by atoms with Crippen LogP contribution in [0.3, 0.4) is 0 Å². The summed E-state index contributed by atoms with van der Waals surface area (Å²) in [6, 6.07) is 8.71. The van der Waals surface area contributed by atoms with Crippen LogP contribution in [0.2, 0.25) is 0 Å². The largest absolute Gasteiger partial charge is 0.354 e. The van der Waals surface area contributed by atoms with E-state index in [9.17, 15) is 14.4 Å². The number of fused-ring (bicyclic) bond motifs is 1. The molecule has 0 bridgehead atoms. The SMILES string of the molecule is CC(C)(N)C(=O)N1CCN(C(=O)Nc2ccn(-c3ccc4c(c3)CC[C@H](N[C@H]3CC[C@H](N)C3)C4)c(=O)n2)CC1. The molecule has 1 aromatic carbocycles. The summed E-state index contributed by atoms with van der Waals surface area (Å²) in [5.41, 5.74) is 13.9. The average Bonchev–Trinajstić information content (AvgIpc) is 3.32. The summed E-state index contributed by atoms with van der Waals surface area (Å²) in [5, 5.41) is 6.51. The first-order chi connectivity index (χ1) is 18.6. The van der Waals surface area contributed by atoms with E-state index in [1.54, 1.807) is 35.9 Å². The molecule has 1 aromatic heterocycles. The van der Waals surface area contributed by atoms with E-state index in [-0.39, 0.29) is 17.8 Å². The van der Waals surface area contributed by atoms with Crippen LogP contribution in [0.15, 0.2) is 35.3 Å². The summed E-state index contributed by atoms with van der Waals surface area (Å²) >= 11 is 0. The number of amides is 3. The Morgan fingerprint density at radius 3 is 2.41 bits per heavy atom. The van der Waals surface area contributed by atoms with Gasteiger partial charge in [0.2, 0.25) is 5.91 Å². The summed E-state index contributed by atoms with van der Waals surface area (Å²) < 4.78 is 1.50. The highest BCUT2D eigenvalue weighted by molar-refractivity contribution is 5.89. The molecule has 39 heavy (non-hydrogen) atoms. The third-order valence-corrected chi connectivity index (χ3v) is 8.09. The summed E-state index contributed by atoms with van der Waals surface area (Å²) in [6.45, 7) is 4.92. The van der Waals surface area contributed by atoms with E-state index in [1.807, 2.05) is 6.07 Å². The predicted octanol–water partition coefficient (Wildman–Crippen LogP) is 0.973. The minimum Gasteiger partial charge on any atom is -0.338 e. The number of hydrogen-bond donors (Lipinski definition) is 4. The normalized spacial score (nSPS) is 23.4. The highest BCUT2D eigenvalue weighted by atomic mass is 16.2. The molecule has 3 atom stereocenters. The first-order valence-corrected chi connectivity index (χ1v) is 13.9. The third-order valence-electron chi connectivity index (χ3n) is 8.09. The fourth-order valence-corrected chi connectivity index (χ4v) is 5.91. The summed E-state index contributed by atoms with van der Waals surface area (Å²) in [5.74, 6) is 0.0575. The maximum atomic E-state index is 12.9. The third kappa shape index (κ3) is 6.32. The highest BCUT2D eigenvalue weighted by Gasteiger charge is 2.31. The molecule has 1 saturated carbocycles. The van der Waals surface area contributed by atoms with Gasteiger partial charge in [0.15, 0.2) is 0 Å². The zero-order valence-electron chi connectivity index (χ0n) is 22.9. The second-order valence-corrected chi connectivity index (χ2v) is 11.7. The Kier molecular flexibility index (Phi) is 7.75. The molecule has 3 amide bonds. The van der Waals surface area contributed by atoms with Crippen LogP contribution in [-0.4, -0.2) is 81.1 Å². The zero-order valence-corrected chi connectivity index (χ0v) is 22.9. The number of urea groups is 1. The molecule has 5 rings (SSSR count). The van der Waals surface area contributed by atoms with Crippen molar-refractivity contribution in [3.63, 3.8) is 0 Å². The van der Waals surface area contributed by atoms with Gasteiger partial charge in [-0.05, 0) is 81.7 Å².